The van der Waals surface area contributed by atoms with Crippen LogP contribution in [0.2, 0.25) is 0 Å². The molecule has 0 spiro atoms. The number of carbonyl (C=O) groups is 2. The van der Waals surface area contributed by atoms with E-state index in [2.05, 4.69) is 10.6 Å². The molecular formula is C19H26N2O2S. The van der Waals surface area contributed by atoms with Crippen LogP contribution >= 0.6 is 11.8 Å². The van der Waals surface area contributed by atoms with Crippen LogP contribution in [0.1, 0.15) is 55.3 Å². The Hall–Kier alpha value is -1.49. The molecule has 2 aliphatic rings. The van der Waals surface area contributed by atoms with Gasteiger partial charge in [-0.2, -0.15) is 0 Å². The number of thioether (sulfide) groups is 1. The maximum absolute atomic E-state index is 12.3. The molecule has 3 rings (SSSR count). The minimum Gasteiger partial charge on any atom is -0.355 e. The van der Waals surface area contributed by atoms with Crippen molar-refractivity contribution >= 4 is 23.6 Å². The minimum atomic E-state index is -0.0248. The molecule has 1 aromatic carbocycles. The van der Waals surface area contributed by atoms with Gasteiger partial charge in [0.2, 0.25) is 5.91 Å². The average molecular weight is 346 g/mol. The van der Waals surface area contributed by atoms with Crippen molar-refractivity contribution < 1.29 is 9.59 Å². The zero-order valence-corrected chi connectivity index (χ0v) is 14.9. The molecule has 5 heteroatoms. The summed E-state index contributed by atoms with van der Waals surface area (Å²) in [6.45, 7) is 0.795. The van der Waals surface area contributed by atoms with E-state index in [-0.39, 0.29) is 11.8 Å². The summed E-state index contributed by atoms with van der Waals surface area (Å²) in [5.41, 5.74) is 0.675. The van der Waals surface area contributed by atoms with Crippen LogP contribution in [0, 0.1) is 5.92 Å². The molecule has 2 saturated carbocycles. The van der Waals surface area contributed by atoms with Gasteiger partial charge in [-0.15, -0.1) is 11.8 Å². The molecule has 2 amide bonds. The molecule has 0 aliphatic heterocycles. The summed E-state index contributed by atoms with van der Waals surface area (Å²) in [7, 11) is 0. The quantitative estimate of drug-likeness (QED) is 0.744. The Morgan fingerprint density at radius 2 is 1.79 bits per heavy atom. The van der Waals surface area contributed by atoms with Crippen molar-refractivity contribution in [3.05, 3.63) is 29.8 Å². The molecule has 1 aromatic rings. The molecule has 0 bridgehead atoms. The Bertz CT molecular complexity index is 580. The summed E-state index contributed by atoms with van der Waals surface area (Å²) < 4.78 is 0. The van der Waals surface area contributed by atoms with Crippen molar-refractivity contribution in [3.8, 4) is 0 Å². The lowest BCUT2D eigenvalue weighted by molar-refractivity contribution is -0.118. The second kappa shape index (κ2) is 8.56. The number of rotatable bonds is 7. The van der Waals surface area contributed by atoms with Gasteiger partial charge in [0.1, 0.15) is 0 Å². The highest BCUT2D eigenvalue weighted by atomic mass is 32.2. The van der Waals surface area contributed by atoms with Gasteiger partial charge in [-0.3, -0.25) is 9.59 Å². The molecule has 0 atom stereocenters. The van der Waals surface area contributed by atoms with Gasteiger partial charge in [0.05, 0.1) is 11.3 Å². The fourth-order valence-corrected chi connectivity index (χ4v) is 3.99. The van der Waals surface area contributed by atoms with Gasteiger partial charge in [-0.05, 0) is 43.7 Å². The molecule has 2 N–H and O–H groups in total. The third-order valence-electron chi connectivity index (χ3n) is 4.72. The highest BCUT2D eigenvalue weighted by Gasteiger charge is 2.24. The number of benzene rings is 1. The average Bonchev–Trinajstić information content (AvgIpc) is 3.43. The van der Waals surface area contributed by atoms with E-state index >= 15 is 0 Å². The molecule has 2 aliphatic carbocycles. The Kier molecular flexibility index (Phi) is 6.18. The Morgan fingerprint density at radius 3 is 2.54 bits per heavy atom. The molecule has 0 unspecified atom stereocenters. The summed E-state index contributed by atoms with van der Waals surface area (Å²) in [5, 5.41) is 6.07. The van der Waals surface area contributed by atoms with E-state index in [1.54, 1.807) is 0 Å². The third kappa shape index (κ3) is 5.26. The van der Waals surface area contributed by atoms with E-state index < -0.39 is 0 Å². The molecule has 4 nitrogen and oxygen atoms in total. The molecular weight excluding hydrogens is 320 g/mol. The summed E-state index contributed by atoms with van der Waals surface area (Å²) in [6, 6.07) is 7.88. The van der Waals surface area contributed by atoms with Crippen molar-refractivity contribution in [1.29, 1.82) is 0 Å². The van der Waals surface area contributed by atoms with E-state index in [4.69, 9.17) is 0 Å². The zero-order chi connectivity index (χ0) is 16.8. The number of hydrogen-bond donors (Lipinski definition) is 2. The maximum atomic E-state index is 12.3. The van der Waals surface area contributed by atoms with E-state index in [9.17, 15) is 9.59 Å². The predicted molar refractivity (Wildman–Crippen MR) is 97.2 cm³/mol. The first-order valence-corrected chi connectivity index (χ1v) is 10.0. The zero-order valence-electron chi connectivity index (χ0n) is 14.1. The third-order valence-corrected chi connectivity index (χ3v) is 5.79. The topological polar surface area (TPSA) is 58.2 Å². The number of amides is 2. The second-order valence-electron chi connectivity index (χ2n) is 6.84. The summed E-state index contributed by atoms with van der Waals surface area (Å²) in [5.74, 6) is 1.04. The van der Waals surface area contributed by atoms with Crippen LogP contribution in [0.5, 0.6) is 0 Å². The normalized spacial score (nSPS) is 18.2. The van der Waals surface area contributed by atoms with Gasteiger partial charge in [0, 0.05) is 17.5 Å². The van der Waals surface area contributed by atoms with Crippen LogP contribution in [0.25, 0.3) is 0 Å². The minimum absolute atomic E-state index is 0.0248. The summed E-state index contributed by atoms with van der Waals surface area (Å²) >= 11 is 1.44. The number of nitrogens with one attached hydrogen (secondary N) is 2. The molecule has 2 fully saturated rings. The fraction of sp³-hybridized carbons (Fsp3) is 0.579. The fourth-order valence-electron chi connectivity index (χ4n) is 3.11. The first kappa shape index (κ1) is 17.3. The SMILES string of the molecule is O=C(CSc1ccccc1C(=O)NC1CC1)NCC1CCCCC1. The van der Waals surface area contributed by atoms with Gasteiger partial charge in [0.25, 0.3) is 5.91 Å². The van der Waals surface area contributed by atoms with Crippen LogP contribution in [-0.4, -0.2) is 30.2 Å². The van der Waals surface area contributed by atoms with Crippen molar-refractivity contribution in [2.45, 2.75) is 55.9 Å². The second-order valence-corrected chi connectivity index (χ2v) is 7.86. The van der Waals surface area contributed by atoms with Gasteiger partial charge in [-0.25, -0.2) is 0 Å². The van der Waals surface area contributed by atoms with Gasteiger partial charge < -0.3 is 10.6 Å². The largest absolute Gasteiger partial charge is 0.355 e. The molecule has 0 radical (unpaired) electrons. The standard InChI is InChI=1S/C19H26N2O2S/c22-18(20-12-14-6-2-1-3-7-14)13-24-17-9-5-4-8-16(17)19(23)21-15-10-11-15/h4-5,8-9,14-15H,1-3,6-7,10-13H2,(H,20,22)(H,21,23). The molecule has 0 saturated heterocycles. The first-order chi connectivity index (χ1) is 11.7. The highest BCUT2D eigenvalue weighted by molar-refractivity contribution is 8.00. The van der Waals surface area contributed by atoms with Crippen molar-refractivity contribution in [2.24, 2.45) is 5.92 Å². The monoisotopic (exact) mass is 346 g/mol. The smallest absolute Gasteiger partial charge is 0.252 e. The van der Waals surface area contributed by atoms with Crippen molar-refractivity contribution in [1.82, 2.24) is 10.6 Å². The first-order valence-electron chi connectivity index (χ1n) is 9.02. The summed E-state index contributed by atoms with van der Waals surface area (Å²) in [4.78, 5) is 25.2. The van der Waals surface area contributed by atoms with E-state index in [1.165, 1.54) is 43.9 Å². The molecule has 24 heavy (non-hydrogen) atoms. The van der Waals surface area contributed by atoms with E-state index in [0.29, 0.717) is 23.3 Å². The van der Waals surface area contributed by atoms with Crippen LogP contribution < -0.4 is 10.6 Å². The predicted octanol–water partition coefficient (Wildman–Crippen LogP) is 3.37. The summed E-state index contributed by atoms with van der Waals surface area (Å²) in [6.07, 6.45) is 8.53. The lowest BCUT2D eigenvalue weighted by Crippen LogP contribution is -2.31. The van der Waals surface area contributed by atoms with Crippen LogP contribution in [0.4, 0.5) is 0 Å². The van der Waals surface area contributed by atoms with Crippen LogP contribution in [0.15, 0.2) is 29.2 Å². The molecule has 0 aromatic heterocycles. The van der Waals surface area contributed by atoms with Crippen LogP contribution in [0.3, 0.4) is 0 Å². The van der Waals surface area contributed by atoms with E-state index in [0.717, 1.165) is 24.3 Å². The lowest BCUT2D eigenvalue weighted by atomic mass is 9.89. The Morgan fingerprint density at radius 1 is 1.04 bits per heavy atom. The van der Waals surface area contributed by atoms with E-state index in [1.807, 2.05) is 24.3 Å². The van der Waals surface area contributed by atoms with Gasteiger partial charge in [-0.1, -0.05) is 31.4 Å². The Labute approximate surface area is 148 Å². The maximum Gasteiger partial charge on any atom is 0.252 e. The molecule has 130 valence electrons. The Balaban J connectivity index is 1.46. The van der Waals surface area contributed by atoms with Crippen molar-refractivity contribution in [3.63, 3.8) is 0 Å². The molecule has 0 heterocycles. The highest BCUT2D eigenvalue weighted by Crippen LogP contribution is 2.25. The number of carbonyl (C=O) groups excluding carboxylic acids is 2. The van der Waals surface area contributed by atoms with Gasteiger partial charge in [0.15, 0.2) is 0 Å². The lowest BCUT2D eigenvalue weighted by Gasteiger charge is -2.21. The van der Waals surface area contributed by atoms with Gasteiger partial charge >= 0.3 is 0 Å². The number of hydrogen-bond acceptors (Lipinski definition) is 3. The van der Waals surface area contributed by atoms with Crippen molar-refractivity contribution in [2.75, 3.05) is 12.3 Å². The van der Waals surface area contributed by atoms with Crippen LogP contribution in [-0.2, 0) is 4.79 Å².